The molecule has 0 amide bonds. The Morgan fingerprint density at radius 2 is 1.69 bits per heavy atom. The Hall–Kier alpha value is -3.58. The molecule has 1 aliphatic rings. The predicted molar refractivity (Wildman–Crippen MR) is 156 cm³/mol. The Labute approximate surface area is 232 Å². The third-order valence-electron chi connectivity index (χ3n) is 6.93. The minimum absolute atomic E-state index is 0.0261. The van der Waals surface area contributed by atoms with Crippen LogP contribution in [0.2, 0.25) is 0 Å². The Bertz CT molecular complexity index is 1080. The molecule has 0 spiro atoms. The Morgan fingerprint density at radius 1 is 1.03 bits per heavy atom. The van der Waals surface area contributed by atoms with E-state index in [1.54, 1.807) is 36.4 Å². The van der Waals surface area contributed by atoms with E-state index < -0.39 is 5.97 Å². The summed E-state index contributed by atoms with van der Waals surface area (Å²) in [5, 5.41) is 0. The zero-order valence-electron chi connectivity index (χ0n) is 23.0. The number of anilines is 2. The zero-order chi connectivity index (χ0) is 28.0. The van der Waals surface area contributed by atoms with E-state index in [-0.39, 0.29) is 30.7 Å². The lowest BCUT2D eigenvalue weighted by Gasteiger charge is -2.28. The number of nitrogens with two attached hydrogens (primary N) is 2. The van der Waals surface area contributed by atoms with Gasteiger partial charge in [0.2, 0.25) is 0 Å². The summed E-state index contributed by atoms with van der Waals surface area (Å²) in [5.41, 5.74) is 15.4. The molecule has 1 fully saturated rings. The SMILES string of the molecule is C=CCCOC1CCC(OC(=O)c2ccc(/C=C/C(=O)OCC(CCCC)c3cc(N)cc(N)c3)cc2)CC1. The topological polar surface area (TPSA) is 114 Å². The largest absolute Gasteiger partial charge is 0.462 e. The molecule has 0 bridgehead atoms. The van der Waals surface area contributed by atoms with E-state index in [4.69, 9.17) is 25.7 Å². The highest BCUT2D eigenvalue weighted by Crippen LogP contribution is 2.27. The second-order valence-electron chi connectivity index (χ2n) is 10.1. The van der Waals surface area contributed by atoms with Crippen LogP contribution in [0, 0.1) is 0 Å². The molecule has 1 aliphatic carbocycles. The Kier molecular flexibility index (Phi) is 12.1. The van der Waals surface area contributed by atoms with Crippen molar-refractivity contribution >= 4 is 29.4 Å². The van der Waals surface area contributed by atoms with Gasteiger partial charge in [0, 0.05) is 23.4 Å². The first-order valence-electron chi connectivity index (χ1n) is 13.9. The summed E-state index contributed by atoms with van der Waals surface area (Å²) in [5.74, 6) is -0.736. The van der Waals surface area contributed by atoms with Crippen LogP contribution in [0.4, 0.5) is 11.4 Å². The average Bonchev–Trinajstić information content (AvgIpc) is 2.92. The van der Waals surface area contributed by atoms with Crippen molar-refractivity contribution in [1.82, 2.24) is 0 Å². The molecule has 39 heavy (non-hydrogen) atoms. The number of carbonyl (C=O) groups excluding carboxylic acids is 2. The molecule has 3 rings (SSSR count). The number of unbranched alkanes of at least 4 members (excludes halogenated alkanes) is 1. The molecular weight excluding hydrogens is 492 g/mol. The van der Waals surface area contributed by atoms with Crippen LogP contribution >= 0.6 is 0 Å². The fraction of sp³-hybridized carbons (Fsp3) is 0.438. The first kappa shape index (κ1) is 30.0. The van der Waals surface area contributed by atoms with Crippen LogP contribution in [0.1, 0.15) is 85.7 Å². The molecule has 0 aromatic heterocycles. The first-order valence-corrected chi connectivity index (χ1v) is 13.9. The van der Waals surface area contributed by atoms with Gasteiger partial charge in [-0.1, -0.05) is 38.0 Å². The normalized spacial score (nSPS) is 18.0. The summed E-state index contributed by atoms with van der Waals surface area (Å²) in [6.07, 6.45) is 12.2. The molecule has 2 aromatic carbocycles. The third kappa shape index (κ3) is 10.2. The van der Waals surface area contributed by atoms with E-state index in [0.717, 1.165) is 62.5 Å². The number of hydrogen-bond donors (Lipinski definition) is 2. The minimum atomic E-state index is -0.430. The van der Waals surface area contributed by atoms with E-state index in [1.807, 2.05) is 18.2 Å². The van der Waals surface area contributed by atoms with Gasteiger partial charge in [0.1, 0.15) is 6.10 Å². The van der Waals surface area contributed by atoms with Gasteiger partial charge >= 0.3 is 11.9 Å². The fourth-order valence-electron chi connectivity index (χ4n) is 4.71. The lowest BCUT2D eigenvalue weighted by molar-refractivity contribution is -0.138. The number of rotatable bonds is 14. The highest BCUT2D eigenvalue weighted by molar-refractivity contribution is 5.90. The third-order valence-corrected chi connectivity index (χ3v) is 6.93. The summed E-state index contributed by atoms with van der Waals surface area (Å²) in [4.78, 5) is 25.0. The van der Waals surface area contributed by atoms with Crippen molar-refractivity contribution in [3.8, 4) is 0 Å². The monoisotopic (exact) mass is 534 g/mol. The van der Waals surface area contributed by atoms with Gasteiger partial charge in [0.15, 0.2) is 0 Å². The molecule has 210 valence electrons. The molecule has 4 N–H and O–H groups in total. The van der Waals surface area contributed by atoms with Crippen LogP contribution < -0.4 is 11.5 Å². The van der Waals surface area contributed by atoms with Gasteiger partial charge in [-0.2, -0.15) is 0 Å². The van der Waals surface area contributed by atoms with E-state index in [0.29, 0.717) is 23.5 Å². The van der Waals surface area contributed by atoms with Crippen molar-refractivity contribution in [3.05, 3.63) is 77.9 Å². The quantitative estimate of drug-likeness (QED) is 0.0942. The van der Waals surface area contributed by atoms with Crippen LogP contribution in [0.3, 0.4) is 0 Å². The van der Waals surface area contributed by atoms with Gasteiger partial charge < -0.3 is 25.7 Å². The van der Waals surface area contributed by atoms with E-state index >= 15 is 0 Å². The van der Waals surface area contributed by atoms with Gasteiger partial charge in [-0.25, -0.2) is 9.59 Å². The van der Waals surface area contributed by atoms with Crippen LogP contribution in [0.5, 0.6) is 0 Å². The van der Waals surface area contributed by atoms with Crippen molar-refractivity contribution in [2.75, 3.05) is 24.7 Å². The maximum absolute atomic E-state index is 12.6. The summed E-state index contributed by atoms with van der Waals surface area (Å²) in [6.45, 7) is 6.77. The van der Waals surface area contributed by atoms with Gasteiger partial charge in [0.25, 0.3) is 0 Å². The number of hydrogen-bond acceptors (Lipinski definition) is 7. The molecule has 1 unspecified atom stereocenters. The summed E-state index contributed by atoms with van der Waals surface area (Å²) in [7, 11) is 0. The number of carbonyl (C=O) groups is 2. The molecule has 2 aromatic rings. The van der Waals surface area contributed by atoms with Gasteiger partial charge in [0.05, 0.1) is 24.9 Å². The second-order valence-corrected chi connectivity index (χ2v) is 10.1. The molecule has 7 heteroatoms. The average molecular weight is 535 g/mol. The van der Waals surface area contributed by atoms with Crippen LogP contribution in [-0.4, -0.2) is 37.4 Å². The highest BCUT2D eigenvalue weighted by Gasteiger charge is 2.24. The molecule has 0 saturated heterocycles. The van der Waals surface area contributed by atoms with Crippen molar-refractivity contribution in [2.24, 2.45) is 0 Å². The van der Waals surface area contributed by atoms with Crippen LogP contribution in [0.15, 0.2) is 61.2 Å². The van der Waals surface area contributed by atoms with Crippen molar-refractivity contribution < 1.29 is 23.8 Å². The molecule has 0 heterocycles. The maximum atomic E-state index is 12.6. The lowest BCUT2D eigenvalue weighted by atomic mass is 9.93. The highest BCUT2D eigenvalue weighted by atomic mass is 16.5. The van der Waals surface area contributed by atoms with E-state index in [1.165, 1.54) is 6.08 Å². The van der Waals surface area contributed by atoms with E-state index in [9.17, 15) is 9.59 Å². The van der Waals surface area contributed by atoms with Gasteiger partial charge in [-0.3, -0.25) is 0 Å². The summed E-state index contributed by atoms with van der Waals surface area (Å²) < 4.78 is 17.1. The molecule has 1 saturated carbocycles. The van der Waals surface area contributed by atoms with Crippen LogP contribution in [0.25, 0.3) is 6.08 Å². The predicted octanol–water partition coefficient (Wildman–Crippen LogP) is 6.44. The fourth-order valence-corrected chi connectivity index (χ4v) is 4.71. The second kappa shape index (κ2) is 15.7. The molecule has 1 atom stereocenters. The molecule has 0 radical (unpaired) electrons. The molecular formula is C32H42N2O5. The Balaban J connectivity index is 1.46. The van der Waals surface area contributed by atoms with E-state index in [2.05, 4.69) is 13.5 Å². The zero-order valence-corrected chi connectivity index (χ0v) is 23.0. The summed E-state index contributed by atoms with van der Waals surface area (Å²) >= 11 is 0. The summed E-state index contributed by atoms with van der Waals surface area (Å²) in [6, 6.07) is 12.5. The van der Waals surface area contributed by atoms with Crippen molar-refractivity contribution in [1.29, 1.82) is 0 Å². The minimum Gasteiger partial charge on any atom is -0.462 e. The van der Waals surface area contributed by atoms with Crippen molar-refractivity contribution in [3.63, 3.8) is 0 Å². The number of nitrogen functional groups attached to an aromatic ring is 2. The van der Waals surface area contributed by atoms with Gasteiger partial charge in [-0.15, -0.1) is 6.58 Å². The Morgan fingerprint density at radius 3 is 2.33 bits per heavy atom. The lowest BCUT2D eigenvalue weighted by Crippen LogP contribution is -2.28. The smallest absolute Gasteiger partial charge is 0.338 e. The standard InChI is InChI=1S/C32H42N2O5/c1-3-5-7-25(26-19-27(33)21-28(34)20-26)22-38-31(35)17-10-23-8-11-24(12-9-23)32(36)39-30-15-13-29(14-16-30)37-18-6-4-2/h4,8-12,17,19-21,25,29-30H,2-3,5-7,13-16,18,22,33-34H2,1H3/b17-10+. The number of esters is 2. The first-order chi connectivity index (χ1) is 18.9. The molecule has 0 aliphatic heterocycles. The van der Waals surface area contributed by atoms with Gasteiger partial charge in [-0.05, 0) is 86.1 Å². The van der Waals surface area contributed by atoms with Crippen molar-refractivity contribution in [2.45, 2.75) is 76.4 Å². The van der Waals surface area contributed by atoms with Crippen LogP contribution in [-0.2, 0) is 19.0 Å². The maximum Gasteiger partial charge on any atom is 0.338 e. The number of benzene rings is 2. The molecule has 7 nitrogen and oxygen atoms in total. The number of ether oxygens (including phenoxy) is 3.